The molecule has 20 heavy (non-hydrogen) atoms. The van der Waals surface area contributed by atoms with E-state index in [1.165, 1.54) is 6.07 Å². The maximum Gasteiger partial charge on any atom is 0.241 e. The lowest BCUT2D eigenvalue weighted by Gasteiger charge is -2.14. The summed E-state index contributed by atoms with van der Waals surface area (Å²) in [6.07, 6.45) is 1.08. The highest BCUT2D eigenvalue weighted by Crippen LogP contribution is 2.26. The summed E-state index contributed by atoms with van der Waals surface area (Å²) in [5, 5.41) is 2.72. The molecule has 1 aromatic carbocycles. The Morgan fingerprint density at radius 1 is 1.50 bits per heavy atom. The molecule has 1 aromatic rings. The number of benzene rings is 1. The molecule has 1 fully saturated rings. The lowest BCUT2D eigenvalue weighted by molar-refractivity contribution is -0.119. The third-order valence-corrected chi connectivity index (χ3v) is 5.27. The van der Waals surface area contributed by atoms with Crippen molar-refractivity contribution >= 4 is 37.5 Å². The van der Waals surface area contributed by atoms with Crippen LogP contribution in [0, 0.1) is 6.92 Å². The molecule has 1 aliphatic heterocycles. The van der Waals surface area contributed by atoms with Crippen LogP contribution in [0.2, 0.25) is 0 Å². The van der Waals surface area contributed by atoms with Crippen molar-refractivity contribution in [2.24, 2.45) is 0 Å². The maximum absolute atomic E-state index is 12.3. The van der Waals surface area contributed by atoms with Crippen LogP contribution in [0.25, 0.3) is 0 Å². The number of rotatable bonds is 4. The van der Waals surface area contributed by atoms with Gasteiger partial charge in [0.1, 0.15) is 0 Å². The Bertz CT molecular complexity index is 646. The van der Waals surface area contributed by atoms with Crippen LogP contribution >= 0.6 is 15.9 Å². The Kier molecular flexibility index (Phi) is 4.36. The van der Waals surface area contributed by atoms with Gasteiger partial charge in [-0.25, -0.2) is 13.1 Å². The van der Waals surface area contributed by atoms with Crippen LogP contribution in [0.3, 0.4) is 0 Å². The lowest BCUT2D eigenvalue weighted by Crippen LogP contribution is -2.38. The topological polar surface area (TPSA) is 101 Å². The van der Waals surface area contributed by atoms with Crippen molar-refractivity contribution in [3.05, 3.63) is 22.2 Å². The predicted octanol–water partition coefficient (Wildman–Crippen LogP) is 0.897. The second-order valence-corrected chi connectivity index (χ2v) is 7.42. The number of nitrogens with one attached hydrogen (secondary N) is 2. The highest BCUT2D eigenvalue weighted by atomic mass is 79.9. The minimum atomic E-state index is -3.65. The number of carbonyl (C=O) groups is 1. The third kappa shape index (κ3) is 3.31. The molecule has 0 aliphatic carbocycles. The molecular weight excluding hydrogens is 346 g/mol. The minimum Gasteiger partial charge on any atom is -0.398 e. The van der Waals surface area contributed by atoms with Crippen LogP contribution in [0.5, 0.6) is 0 Å². The van der Waals surface area contributed by atoms with Crippen molar-refractivity contribution in [2.45, 2.75) is 30.7 Å². The molecule has 0 spiro atoms. The van der Waals surface area contributed by atoms with Gasteiger partial charge in [0.15, 0.2) is 0 Å². The first-order valence-corrected chi connectivity index (χ1v) is 8.42. The number of nitrogens with two attached hydrogens (primary N) is 1. The van der Waals surface area contributed by atoms with Gasteiger partial charge in [-0.05, 0) is 31.0 Å². The predicted molar refractivity (Wildman–Crippen MR) is 79.6 cm³/mol. The van der Waals surface area contributed by atoms with Gasteiger partial charge in [0, 0.05) is 29.2 Å². The first-order valence-electron chi connectivity index (χ1n) is 6.14. The number of hydrogen-bond acceptors (Lipinski definition) is 4. The van der Waals surface area contributed by atoms with Gasteiger partial charge in [0.05, 0.1) is 4.90 Å². The van der Waals surface area contributed by atoms with E-state index in [0.717, 1.165) is 0 Å². The first kappa shape index (κ1) is 15.3. The van der Waals surface area contributed by atoms with Gasteiger partial charge in [-0.2, -0.15) is 0 Å². The van der Waals surface area contributed by atoms with Crippen LogP contribution in [0.1, 0.15) is 18.4 Å². The van der Waals surface area contributed by atoms with Crippen molar-refractivity contribution in [3.63, 3.8) is 0 Å². The Morgan fingerprint density at radius 2 is 2.20 bits per heavy atom. The fraction of sp³-hybridized carbons (Fsp3) is 0.417. The van der Waals surface area contributed by atoms with Crippen LogP contribution in [0.15, 0.2) is 21.5 Å². The summed E-state index contributed by atoms with van der Waals surface area (Å²) < 4.78 is 27.7. The second kappa shape index (κ2) is 5.71. The molecule has 4 N–H and O–H groups in total. The summed E-state index contributed by atoms with van der Waals surface area (Å²) in [6.45, 7) is 1.84. The van der Waals surface area contributed by atoms with Crippen LogP contribution in [0.4, 0.5) is 5.69 Å². The second-order valence-electron chi connectivity index (χ2n) is 4.77. The molecule has 1 heterocycles. The van der Waals surface area contributed by atoms with E-state index in [-0.39, 0.29) is 23.4 Å². The molecule has 1 unspecified atom stereocenters. The lowest BCUT2D eigenvalue weighted by atomic mass is 10.2. The van der Waals surface area contributed by atoms with Gasteiger partial charge in [-0.15, -0.1) is 0 Å². The van der Waals surface area contributed by atoms with Crippen LogP contribution in [-0.2, 0) is 14.8 Å². The number of sulfonamides is 1. The quantitative estimate of drug-likeness (QED) is 0.693. The van der Waals surface area contributed by atoms with Gasteiger partial charge in [-0.3, -0.25) is 4.79 Å². The fourth-order valence-corrected chi connectivity index (χ4v) is 4.08. The molecule has 1 saturated heterocycles. The number of carbonyl (C=O) groups excluding carboxylic acids is 1. The van der Waals surface area contributed by atoms with Gasteiger partial charge < -0.3 is 11.1 Å². The molecule has 1 atom stereocenters. The number of hydrogen-bond donors (Lipinski definition) is 3. The van der Waals surface area contributed by atoms with E-state index >= 15 is 0 Å². The molecule has 8 heteroatoms. The van der Waals surface area contributed by atoms with Crippen molar-refractivity contribution in [1.29, 1.82) is 0 Å². The largest absolute Gasteiger partial charge is 0.398 e. The average Bonchev–Trinajstić information content (AvgIpc) is 2.77. The van der Waals surface area contributed by atoms with E-state index in [4.69, 9.17) is 5.73 Å². The summed E-state index contributed by atoms with van der Waals surface area (Å²) in [7, 11) is -3.65. The fourth-order valence-electron chi connectivity index (χ4n) is 2.07. The number of halogens is 1. The van der Waals surface area contributed by atoms with Gasteiger partial charge in [0.25, 0.3) is 0 Å². The van der Waals surface area contributed by atoms with E-state index in [0.29, 0.717) is 28.6 Å². The van der Waals surface area contributed by atoms with Gasteiger partial charge in [-0.1, -0.05) is 15.9 Å². The summed E-state index contributed by atoms with van der Waals surface area (Å²) in [6, 6.07) is 3.02. The van der Waals surface area contributed by atoms with Crippen molar-refractivity contribution in [3.8, 4) is 0 Å². The van der Waals surface area contributed by atoms with Crippen molar-refractivity contribution < 1.29 is 13.2 Å². The number of nitrogen functional groups attached to an aromatic ring is 1. The maximum atomic E-state index is 12.3. The minimum absolute atomic E-state index is 0.0444. The summed E-state index contributed by atoms with van der Waals surface area (Å²) in [4.78, 5) is 11.2. The number of amides is 1. The Labute approximate surface area is 126 Å². The van der Waals surface area contributed by atoms with Crippen LogP contribution < -0.4 is 15.8 Å². The van der Waals surface area contributed by atoms with E-state index in [1.807, 2.05) is 0 Å². The van der Waals surface area contributed by atoms with Crippen LogP contribution in [-0.4, -0.2) is 26.9 Å². The summed E-state index contributed by atoms with van der Waals surface area (Å²) in [5.74, 6) is -0.0444. The highest BCUT2D eigenvalue weighted by Gasteiger charge is 2.24. The molecule has 2 rings (SSSR count). The Morgan fingerprint density at radius 3 is 2.80 bits per heavy atom. The smallest absolute Gasteiger partial charge is 0.241 e. The van der Waals surface area contributed by atoms with E-state index < -0.39 is 10.0 Å². The Hall–Kier alpha value is -1.12. The zero-order valence-corrected chi connectivity index (χ0v) is 13.3. The molecule has 1 aliphatic rings. The summed E-state index contributed by atoms with van der Waals surface area (Å²) in [5.41, 5.74) is 6.70. The molecule has 0 aromatic heterocycles. The molecule has 1 amide bonds. The van der Waals surface area contributed by atoms with Crippen molar-refractivity contribution in [1.82, 2.24) is 10.0 Å². The van der Waals surface area contributed by atoms with E-state index in [1.54, 1.807) is 13.0 Å². The number of anilines is 1. The molecule has 6 nitrogen and oxygen atoms in total. The Balaban J connectivity index is 2.16. The normalized spacial score (nSPS) is 19.1. The summed E-state index contributed by atoms with van der Waals surface area (Å²) >= 11 is 3.24. The average molecular weight is 362 g/mol. The first-order chi connectivity index (χ1) is 9.29. The van der Waals surface area contributed by atoms with Crippen molar-refractivity contribution in [2.75, 3.05) is 12.3 Å². The molecule has 0 saturated carbocycles. The molecule has 0 radical (unpaired) electrons. The standard InChI is InChI=1S/C12H16BrN3O3S/c1-7-10(14)4-8(13)5-11(7)20(18,19)15-6-9-2-3-12(17)16-9/h4-5,9,15H,2-3,6,14H2,1H3,(H,16,17). The van der Waals surface area contributed by atoms with E-state index in [9.17, 15) is 13.2 Å². The zero-order valence-electron chi connectivity index (χ0n) is 10.9. The highest BCUT2D eigenvalue weighted by molar-refractivity contribution is 9.10. The SMILES string of the molecule is Cc1c(N)cc(Br)cc1S(=O)(=O)NCC1CCC(=O)N1. The molecule has 110 valence electrons. The third-order valence-electron chi connectivity index (χ3n) is 3.26. The van der Waals surface area contributed by atoms with Gasteiger partial charge in [0.2, 0.25) is 15.9 Å². The monoisotopic (exact) mass is 361 g/mol. The van der Waals surface area contributed by atoms with E-state index in [2.05, 4.69) is 26.0 Å². The molecule has 0 bridgehead atoms. The molecular formula is C12H16BrN3O3S. The van der Waals surface area contributed by atoms with Gasteiger partial charge >= 0.3 is 0 Å². The zero-order chi connectivity index (χ0) is 14.9.